The first kappa shape index (κ1) is 25.2. The number of nitrogens with zero attached hydrogens (tertiary/aromatic N) is 2. The number of rotatable bonds is 12. The van der Waals surface area contributed by atoms with E-state index in [1.54, 1.807) is 0 Å². The van der Waals surface area contributed by atoms with Gasteiger partial charge in [0.05, 0.1) is 10.4 Å². The number of ether oxygens (including phenoxy) is 1. The third kappa shape index (κ3) is 6.70. The van der Waals surface area contributed by atoms with Crippen LogP contribution < -0.4 is 10.3 Å². The number of nitro benzene ring substituents is 1. The number of benzene rings is 1. The molecule has 1 heterocycles. The van der Waals surface area contributed by atoms with E-state index in [0.29, 0.717) is 17.4 Å². The molecule has 0 fully saturated rings. The Morgan fingerprint density at radius 1 is 1.19 bits per heavy atom. The molecule has 2 aromatic rings. The van der Waals surface area contributed by atoms with Crippen LogP contribution in [0.1, 0.15) is 66.2 Å². The molecule has 0 amide bonds. The molecule has 2 rings (SSSR count). The fourth-order valence-corrected chi connectivity index (χ4v) is 3.53. The maximum Gasteiger partial charge on any atom is 0.297 e. The Bertz CT molecular complexity index is 1060. The van der Waals surface area contributed by atoms with E-state index >= 15 is 0 Å². The van der Waals surface area contributed by atoms with Crippen LogP contribution in [0.4, 0.5) is 5.69 Å². The number of aryl methyl sites for hydroxylation is 1. The lowest BCUT2D eigenvalue weighted by molar-refractivity contribution is -0.384. The third-order valence-corrected chi connectivity index (χ3v) is 5.38. The van der Waals surface area contributed by atoms with Gasteiger partial charge in [-0.15, -0.1) is 0 Å². The van der Waals surface area contributed by atoms with Crippen LogP contribution in [0.3, 0.4) is 0 Å². The topological polar surface area (TPSA) is 94.6 Å². The van der Waals surface area contributed by atoms with E-state index in [4.69, 9.17) is 4.74 Å². The third-order valence-electron chi connectivity index (χ3n) is 5.38. The Labute approximate surface area is 189 Å². The van der Waals surface area contributed by atoms with E-state index in [9.17, 15) is 20.0 Å². The van der Waals surface area contributed by atoms with Gasteiger partial charge in [-0.2, -0.15) is 0 Å². The van der Waals surface area contributed by atoms with Crippen LogP contribution >= 0.6 is 0 Å². The smallest absolute Gasteiger partial charge is 0.297 e. The SMILES string of the molecule is CCCCCCn1c(=O)c(O)c(OC/C=C(\C)CCC=C(C)C)c2ccc([N+](=O)[O-])cc21. The molecule has 0 aliphatic carbocycles. The highest BCUT2D eigenvalue weighted by molar-refractivity contribution is 5.89. The first-order chi connectivity index (χ1) is 15.3. The standard InChI is InChI=1S/C25H34N2O5/c1-5-6-7-8-15-26-22-17-20(27(30)31)12-13-21(22)24(23(28)25(26)29)32-16-14-19(4)11-9-10-18(2)3/h10,12-14,17,28H,5-9,11,15-16H2,1-4H3/b19-14+. The van der Waals surface area contributed by atoms with Crippen molar-refractivity contribution in [1.82, 2.24) is 4.57 Å². The summed E-state index contributed by atoms with van der Waals surface area (Å²) >= 11 is 0. The van der Waals surface area contributed by atoms with Gasteiger partial charge in [-0.3, -0.25) is 14.9 Å². The monoisotopic (exact) mass is 442 g/mol. The summed E-state index contributed by atoms with van der Waals surface area (Å²) in [6.07, 6.45) is 9.72. The van der Waals surface area contributed by atoms with Crippen molar-refractivity contribution in [3.8, 4) is 11.5 Å². The number of fused-ring (bicyclic) bond motifs is 1. The molecule has 0 aliphatic rings. The Morgan fingerprint density at radius 3 is 2.59 bits per heavy atom. The summed E-state index contributed by atoms with van der Waals surface area (Å²) < 4.78 is 7.22. The summed E-state index contributed by atoms with van der Waals surface area (Å²) in [7, 11) is 0. The number of aromatic nitrogens is 1. The zero-order chi connectivity index (χ0) is 23.7. The van der Waals surface area contributed by atoms with Crippen molar-refractivity contribution >= 4 is 16.6 Å². The summed E-state index contributed by atoms with van der Waals surface area (Å²) in [5, 5.41) is 22.4. The molecular formula is C25H34N2O5. The van der Waals surface area contributed by atoms with Crippen LogP contribution in [0.25, 0.3) is 10.9 Å². The minimum Gasteiger partial charge on any atom is -0.500 e. The highest BCUT2D eigenvalue weighted by Crippen LogP contribution is 2.34. The van der Waals surface area contributed by atoms with E-state index in [1.165, 1.54) is 28.3 Å². The van der Waals surface area contributed by atoms with Crippen LogP contribution in [0.2, 0.25) is 0 Å². The predicted octanol–water partition coefficient (Wildman–Crippen LogP) is 6.27. The van der Waals surface area contributed by atoms with Crippen LogP contribution in [0.15, 0.2) is 46.3 Å². The zero-order valence-corrected chi connectivity index (χ0v) is 19.5. The predicted molar refractivity (Wildman–Crippen MR) is 129 cm³/mol. The fraction of sp³-hybridized carbons (Fsp3) is 0.480. The second-order valence-electron chi connectivity index (χ2n) is 8.34. The van der Waals surface area contributed by atoms with Crippen LogP contribution in [-0.4, -0.2) is 21.2 Å². The molecule has 0 radical (unpaired) electrons. The second-order valence-corrected chi connectivity index (χ2v) is 8.34. The normalized spacial score (nSPS) is 11.6. The van der Waals surface area contributed by atoms with Crippen molar-refractivity contribution in [2.45, 2.75) is 72.8 Å². The van der Waals surface area contributed by atoms with Crippen LogP contribution in [0, 0.1) is 10.1 Å². The van der Waals surface area contributed by atoms with E-state index in [1.807, 2.05) is 13.0 Å². The van der Waals surface area contributed by atoms with E-state index in [-0.39, 0.29) is 18.0 Å². The van der Waals surface area contributed by atoms with Gasteiger partial charge in [0.25, 0.3) is 11.2 Å². The average Bonchev–Trinajstić information content (AvgIpc) is 2.75. The van der Waals surface area contributed by atoms with Crippen molar-refractivity contribution in [3.05, 3.63) is 62.0 Å². The van der Waals surface area contributed by atoms with Crippen molar-refractivity contribution in [2.24, 2.45) is 0 Å². The van der Waals surface area contributed by atoms with Gasteiger partial charge in [0.15, 0.2) is 5.75 Å². The summed E-state index contributed by atoms with van der Waals surface area (Å²) in [5.74, 6) is -0.393. The zero-order valence-electron chi connectivity index (χ0n) is 19.5. The lowest BCUT2D eigenvalue weighted by atomic mass is 10.1. The number of nitro groups is 1. The number of unbranched alkanes of at least 4 members (excludes halogenated alkanes) is 3. The summed E-state index contributed by atoms with van der Waals surface area (Å²) in [5.41, 5.74) is 2.12. The molecule has 0 bridgehead atoms. The minimum atomic E-state index is -0.589. The van der Waals surface area contributed by atoms with Gasteiger partial charge in [-0.05, 0) is 52.2 Å². The number of aromatic hydroxyl groups is 1. The van der Waals surface area contributed by atoms with E-state index in [2.05, 4.69) is 26.8 Å². The largest absolute Gasteiger partial charge is 0.500 e. The number of allylic oxidation sites excluding steroid dienone is 3. The molecule has 1 aromatic carbocycles. The molecule has 0 saturated heterocycles. The van der Waals surface area contributed by atoms with Crippen molar-refractivity contribution in [1.29, 1.82) is 0 Å². The van der Waals surface area contributed by atoms with Gasteiger partial charge in [0.2, 0.25) is 5.75 Å². The maximum absolute atomic E-state index is 12.9. The van der Waals surface area contributed by atoms with Gasteiger partial charge in [-0.1, -0.05) is 43.4 Å². The summed E-state index contributed by atoms with van der Waals surface area (Å²) in [4.78, 5) is 23.7. The molecule has 1 aromatic heterocycles. The van der Waals surface area contributed by atoms with E-state index < -0.39 is 16.2 Å². The Morgan fingerprint density at radius 2 is 1.94 bits per heavy atom. The molecule has 7 heteroatoms. The Balaban J connectivity index is 2.37. The summed E-state index contributed by atoms with van der Waals surface area (Å²) in [6, 6.07) is 4.28. The molecule has 0 aliphatic heterocycles. The first-order valence-corrected chi connectivity index (χ1v) is 11.2. The average molecular weight is 443 g/mol. The lowest BCUT2D eigenvalue weighted by Gasteiger charge is -2.15. The fourth-order valence-electron chi connectivity index (χ4n) is 3.53. The Kier molecular flexibility index (Phi) is 9.50. The van der Waals surface area contributed by atoms with Gasteiger partial charge in [0.1, 0.15) is 6.61 Å². The van der Waals surface area contributed by atoms with Gasteiger partial charge in [0, 0.05) is 24.1 Å². The van der Waals surface area contributed by atoms with Crippen molar-refractivity contribution in [3.63, 3.8) is 0 Å². The number of non-ortho nitro benzene ring substituents is 1. The number of pyridine rings is 1. The number of hydrogen-bond acceptors (Lipinski definition) is 5. The molecule has 32 heavy (non-hydrogen) atoms. The Hall–Kier alpha value is -3.09. The molecule has 0 saturated carbocycles. The minimum absolute atomic E-state index is 0.0676. The van der Waals surface area contributed by atoms with Crippen molar-refractivity contribution < 1.29 is 14.8 Å². The lowest BCUT2D eigenvalue weighted by Crippen LogP contribution is -2.21. The molecule has 174 valence electrons. The molecule has 0 atom stereocenters. The quantitative estimate of drug-likeness (QED) is 0.181. The maximum atomic E-state index is 12.9. The van der Waals surface area contributed by atoms with Crippen LogP contribution in [0.5, 0.6) is 11.5 Å². The van der Waals surface area contributed by atoms with Crippen molar-refractivity contribution in [2.75, 3.05) is 6.61 Å². The molecule has 0 unspecified atom stereocenters. The van der Waals surface area contributed by atoms with Gasteiger partial charge in [-0.25, -0.2) is 0 Å². The first-order valence-electron chi connectivity index (χ1n) is 11.2. The highest BCUT2D eigenvalue weighted by atomic mass is 16.6. The van der Waals surface area contributed by atoms with E-state index in [0.717, 1.165) is 44.1 Å². The molecular weight excluding hydrogens is 408 g/mol. The number of hydrogen-bond donors (Lipinski definition) is 1. The molecule has 0 spiro atoms. The van der Waals surface area contributed by atoms with Gasteiger partial charge >= 0.3 is 0 Å². The summed E-state index contributed by atoms with van der Waals surface area (Å²) in [6.45, 7) is 8.81. The van der Waals surface area contributed by atoms with Crippen LogP contribution in [-0.2, 0) is 6.54 Å². The molecule has 1 N–H and O–H groups in total. The molecule has 7 nitrogen and oxygen atoms in total. The second kappa shape index (κ2) is 12.1. The highest BCUT2D eigenvalue weighted by Gasteiger charge is 2.19. The van der Waals surface area contributed by atoms with Gasteiger partial charge < -0.3 is 14.4 Å².